The Morgan fingerprint density at radius 1 is 0.889 bits per heavy atom. The van der Waals surface area contributed by atoms with Crippen LogP contribution >= 0.6 is 0 Å². The van der Waals surface area contributed by atoms with E-state index in [1.807, 2.05) is 0 Å². The lowest BCUT2D eigenvalue weighted by molar-refractivity contribution is 0.0964. The molecule has 0 spiro atoms. The van der Waals surface area contributed by atoms with Crippen LogP contribution in [0.5, 0.6) is 5.75 Å². The number of furan rings is 1. The number of nitrogens with zero attached hydrogens (tertiary/aromatic N) is 2. The molecule has 0 unspecified atom stereocenters. The first-order valence-corrected chi connectivity index (χ1v) is 15.2. The first-order valence-electron chi connectivity index (χ1n) is 13.4. The van der Waals surface area contributed by atoms with Crippen molar-refractivity contribution in [2.24, 2.45) is 0 Å². The smallest absolute Gasteiger partial charge is 0.255 e. The second-order valence-corrected chi connectivity index (χ2v) is 12.2. The largest absolute Gasteiger partial charge is 0.496 e. The summed E-state index contributed by atoms with van der Waals surface area (Å²) < 4.78 is 85.9. The average Bonchev–Trinajstić information content (AvgIpc) is 3.61. The minimum atomic E-state index is -3.80. The van der Waals surface area contributed by atoms with Gasteiger partial charge in [-0.1, -0.05) is 6.07 Å². The fraction of sp³-hybridized carbons (Fsp3) is 0.125. The summed E-state index contributed by atoms with van der Waals surface area (Å²) in [7, 11) is 0.430. The first-order chi connectivity index (χ1) is 21.4. The summed E-state index contributed by atoms with van der Waals surface area (Å²) in [6.07, 6.45) is 1.04. The van der Waals surface area contributed by atoms with Gasteiger partial charge in [-0.2, -0.15) is 0 Å². The van der Waals surface area contributed by atoms with Crippen molar-refractivity contribution in [2.45, 2.75) is 0 Å². The maximum atomic E-state index is 14.5. The zero-order valence-corrected chi connectivity index (χ0v) is 25.1. The summed E-state index contributed by atoms with van der Waals surface area (Å²) in [4.78, 5) is 17.4. The van der Waals surface area contributed by atoms with Gasteiger partial charge in [-0.05, 0) is 48.0 Å². The van der Waals surface area contributed by atoms with E-state index in [-0.39, 0.29) is 45.1 Å². The van der Waals surface area contributed by atoms with E-state index in [0.717, 1.165) is 16.6 Å². The Bertz CT molecular complexity index is 2250. The molecular weight excluding hydrogens is 611 g/mol. The molecule has 0 saturated carbocycles. The van der Waals surface area contributed by atoms with Gasteiger partial charge in [0.2, 0.25) is 15.9 Å². The molecule has 0 atom stereocenters. The number of benzene rings is 4. The highest BCUT2D eigenvalue weighted by molar-refractivity contribution is 7.92. The molecule has 9 nitrogen and oxygen atoms in total. The summed E-state index contributed by atoms with van der Waals surface area (Å²) in [5.41, 5.74) is 1.77. The maximum absolute atomic E-state index is 14.5. The van der Waals surface area contributed by atoms with Crippen LogP contribution in [-0.4, -0.2) is 46.8 Å². The number of methoxy groups -OCH3 is 1. The standard InChI is InChI=1S/C32H24F3N3O6S/c1-36-31(39)28-21-14-20(24(38(2)45(4,40)41)15-26(21)43-30(28)16-5-8-18(33)9-6-16)17-7-10-25(42-3)22(11-17)32-37-29-23(35)12-19(34)13-27(29)44-32/h5-15H,1-4H3,(H,36,39). The van der Waals surface area contributed by atoms with Crippen LogP contribution in [0.4, 0.5) is 18.9 Å². The third-order valence-corrected chi connectivity index (χ3v) is 8.55. The highest BCUT2D eigenvalue weighted by Crippen LogP contribution is 2.43. The minimum Gasteiger partial charge on any atom is -0.496 e. The van der Waals surface area contributed by atoms with Crippen LogP contribution in [0.3, 0.4) is 0 Å². The molecule has 0 bridgehead atoms. The van der Waals surface area contributed by atoms with Gasteiger partial charge in [-0.15, -0.1) is 0 Å². The Morgan fingerprint density at radius 3 is 2.27 bits per heavy atom. The third kappa shape index (κ3) is 5.24. The minimum absolute atomic E-state index is 0.0692. The van der Waals surface area contributed by atoms with Gasteiger partial charge in [-0.3, -0.25) is 9.10 Å². The van der Waals surface area contributed by atoms with Crippen molar-refractivity contribution < 1.29 is 40.0 Å². The van der Waals surface area contributed by atoms with Crippen LogP contribution in [0.15, 0.2) is 75.6 Å². The quantitative estimate of drug-likeness (QED) is 0.206. The molecule has 0 radical (unpaired) electrons. The number of rotatable bonds is 7. The second kappa shape index (κ2) is 11.0. The molecule has 4 aromatic carbocycles. The maximum Gasteiger partial charge on any atom is 0.255 e. The van der Waals surface area contributed by atoms with E-state index in [4.69, 9.17) is 13.6 Å². The van der Waals surface area contributed by atoms with Gasteiger partial charge in [0.05, 0.1) is 30.2 Å². The third-order valence-electron chi connectivity index (χ3n) is 7.36. The number of anilines is 1. The molecule has 230 valence electrons. The van der Waals surface area contributed by atoms with Crippen LogP contribution in [0, 0.1) is 17.5 Å². The molecule has 1 amide bonds. The van der Waals surface area contributed by atoms with Gasteiger partial charge in [0.25, 0.3) is 5.91 Å². The van der Waals surface area contributed by atoms with Gasteiger partial charge in [0, 0.05) is 48.8 Å². The molecule has 2 heterocycles. The number of hydrogen-bond acceptors (Lipinski definition) is 7. The number of hydrogen-bond donors (Lipinski definition) is 1. The summed E-state index contributed by atoms with van der Waals surface area (Å²) in [6, 6.07) is 15.0. The van der Waals surface area contributed by atoms with Crippen molar-refractivity contribution in [3.63, 3.8) is 0 Å². The molecule has 6 rings (SSSR count). The Balaban J connectivity index is 1.64. The van der Waals surface area contributed by atoms with E-state index >= 15 is 0 Å². The summed E-state index contributed by atoms with van der Waals surface area (Å²) >= 11 is 0. The number of sulfonamides is 1. The van der Waals surface area contributed by atoms with E-state index < -0.39 is 33.4 Å². The van der Waals surface area contributed by atoms with Gasteiger partial charge in [-0.25, -0.2) is 26.6 Å². The molecule has 1 N–H and O–H groups in total. The number of ether oxygens (including phenoxy) is 1. The Hall–Kier alpha value is -5.30. The highest BCUT2D eigenvalue weighted by Gasteiger charge is 2.27. The molecule has 45 heavy (non-hydrogen) atoms. The molecule has 0 aliphatic heterocycles. The summed E-state index contributed by atoms with van der Waals surface area (Å²) in [6.45, 7) is 0. The Morgan fingerprint density at radius 2 is 1.60 bits per heavy atom. The molecule has 0 aliphatic carbocycles. The number of fused-ring (bicyclic) bond motifs is 2. The van der Waals surface area contributed by atoms with Crippen LogP contribution in [0.25, 0.3) is 56.0 Å². The number of amides is 1. The molecule has 0 fully saturated rings. The molecule has 2 aromatic heterocycles. The zero-order valence-electron chi connectivity index (χ0n) is 24.2. The van der Waals surface area contributed by atoms with Crippen LogP contribution in [0.1, 0.15) is 10.4 Å². The predicted octanol–water partition coefficient (Wildman–Crippen LogP) is 6.76. The van der Waals surface area contributed by atoms with Crippen molar-refractivity contribution in [1.29, 1.82) is 0 Å². The highest BCUT2D eigenvalue weighted by atomic mass is 32.2. The summed E-state index contributed by atoms with van der Waals surface area (Å²) in [5, 5.41) is 2.95. The number of halogens is 3. The molecule has 13 heteroatoms. The van der Waals surface area contributed by atoms with E-state index in [1.54, 1.807) is 24.3 Å². The van der Waals surface area contributed by atoms with Crippen molar-refractivity contribution >= 4 is 43.7 Å². The fourth-order valence-corrected chi connectivity index (χ4v) is 5.58. The van der Waals surface area contributed by atoms with Gasteiger partial charge < -0.3 is 18.9 Å². The first kappa shape index (κ1) is 29.8. The number of carbonyl (C=O) groups excluding carboxylic acids is 1. The van der Waals surface area contributed by atoms with E-state index in [0.29, 0.717) is 33.9 Å². The SMILES string of the molecule is CNC(=O)c1c(-c2ccc(F)cc2)oc2cc(N(C)S(C)(=O)=O)c(-c3ccc(OC)c(-c4nc5c(F)cc(F)cc5o4)c3)cc12. The lowest BCUT2D eigenvalue weighted by Gasteiger charge is -2.21. The van der Waals surface area contributed by atoms with Gasteiger partial charge >= 0.3 is 0 Å². The van der Waals surface area contributed by atoms with E-state index in [2.05, 4.69) is 10.3 Å². The number of carbonyl (C=O) groups is 1. The van der Waals surface area contributed by atoms with Crippen LogP contribution in [0.2, 0.25) is 0 Å². The van der Waals surface area contributed by atoms with Crippen LogP contribution in [-0.2, 0) is 10.0 Å². The average molecular weight is 636 g/mol. The number of nitrogens with one attached hydrogen (secondary N) is 1. The summed E-state index contributed by atoms with van der Waals surface area (Å²) in [5.74, 6) is -2.32. The number of aromatic nitrogens is 1. The van der Waals surface area contributed by atoms with Crippen LogP contribution < -0.4 is 14.4 Å². The molecule has 0 aliphatic rings. The van der Waals surface area contributed by atoms with Crippen molar-refractivity contribution in [1.82, 2.24) is 10.3 Å². The van der Waals surface area contributed by atoms with Crippen molar-refractivity contribution in [3.8, 4) is 39.7 Å². The molecule has 6 aromatic rings. The van der Waals surface area contributed by atoms with Gasteiger partial charge in [0.15, 0.2) is 11.4 Å². The second-order valence-electron chi connectivity index (χ2n) is 10.2. The predicted molar refractivity (Wildman–Crippen MR) is 163 cm³/mol. The van der Waals surface area contributed by atoms with Crippen molar-refractivity contribution in [3.05, 3.63) is 89.7 Å². The Labute approximate surface area is 254 Å². The normalized spacial score (nSPS) is 11.7. The number of oxazole rings is 1. The van der Waals surface area contributed by atoms with E-state index in [9.17, 15) is 26.4 Å². The van der Waals surface area contributed by atoms with E-state index in [1.165, 1.54) is 51.5 Å². The van der Waals surface area contributed by atoms with Gasteiger partial charge in [0.1, 0.15) is 34.2 Å². The zero-order chi connectivity index (χ0) is 32.2. The monoisotopic (exact) mass is 635 g/mol. The lowest BCUT2D eigenvalue weighted by atomic mass is 9.97. The fourth-order valence-electron chi connectivity index (χ4n) is 5.07. The lowest BCUT2D eigenvalue weighted by Crippen LogP contribution is -2.25. The topological polar surface area (TPSA) is 115 Å². The van der Waals surface area contributed by atoms with Crippen molar-refractivity contribution in [2.75, 3.05) is 31.8 Å². The molecular formula is C32H24F3N3O6S. The molecule has 0 saturated heterocycles. The Kier molecular flexibility index (Phi) is 7.28.